The summed E-state index contributed by atoms with van der Waals surface area (Å²) in [6.07, 6.45) is 4.82. The first-order chi connectivity index (χ1) is 15.8. The predicted octanol–water partition coefficient (Wildman–Crippen LogP) is 4.19. The Labute approximate surface area is 202 Å². The van der Waals surface area contributed by atoms with Crippen LogP contribution in [0, 0.1) is 5.92 Å². The fraction of sp³-hybridized carbons (Fsp3) is 0.462. The molecule has 2 aromatic carbocycles. The molecule has 1 aromatic heterocycles. The predicted molar refractivity (Wildman–Crippen MR) is 135 cm³/mol. The Balaban J connectivity index is 0.00000306. The van der Waals surface area contributed by atoms with E-state index in [2.05, 4.69) is 46.1 Å². The highest BCUT2D eigenvalue weighted by Crippen LogP contribution is 2.21. The van der Waals surface area contributed by atoms with E-state index in [1.807, 2.05) is 29.2 Å². The largest absolute Gasteiger partial charge is 0.356 e. The second-order valence-corrected chi connectivity index (χ2v) is 8.70. The lowest BCUT2D eigenvalue weighted by Gasteiger charge is -2.32. The monoisotopic (exact) mass is 470 g/mol. The number of rotatable bonds is 11. The van der Waals surface area contributed by atoms with Gasteiger partial charge in [0.05, 0.1) is 6.42 Å². The highest BCUT2D eigenvalue weighted by molar-refractivity contribution is 5.86. The number of amides is 1. The molecule has 6 nitrogen and oxygen atoms in total. The fourth-order valence-corrected chi connectivity index (χ4v) is 4.34. The number of aromatic nitrogens is 1. The van der Waals surface area contributed by atoms with Gasteiger partial charge >= 0.3 is 0 Å². The Bertz CT molecular complexity index is 971. The number of hydrogen-bond donors (Lipinski definition) is 2. The quantitative estimate of drug-likeness (QED) is 0.411. The number of nitrogens with one attached hydrogen (secondary N) is 2. The molecular formula is C26H35ClN4O2. The van der Waals surface area contributed by atoms with Gasteiger partial charge in [-0.1, -0.05) is 47.6 Å². The number of carbonyl (C=O) groups is 1. The maximum atomic E-state index is 12.7. The Morgan fingerprint density at radius 2 is 1.67 bits per heavy atom. The number of halogens is 1. The van der Waals surface area contributed by atoms with E-state index in [-0.39, 0.29) is 18.3 Å². The highest BCUT2D eigenvalue weighted by atomic mass is 35.5. The van der Waals surface area contributed by atoms with Crippen LogP contribution in [0.1, 0.15) is 36.9 Å². The van der Waals surface area contributed by atoms with Gasteiger partial charge in [0.15, 0.2) is 5.58 Å². The van der Waals surface area contributed by atoms with Gasteiger partial charge in [-0.05, 0) is 68.9 Å². The zero-order chi connectivity index (χ0) is 22.0. The van der Waals surface area contributed by atoms with Crippen LogP contribution in [0.2, 0.25) is 0 Å². The maximum Gasteiger partial charge on any atom is 0.228 e. The van der Waals surface area contributed by atoms with Gasteiger partial charge in [0.25, 0.3) is 0 Å². The summed E-state index contributed by atoms with van der Waals surface area (Å²) in [5, 5.41) is 12.2. The number of fused-ring (bicyclic) bond motifs is 1. The molecule has 0 saturated carbocycles. The molecule has 33 heavy (non-hydrogen) atoms. The summed E-state index contributed by atoms with van der Waals surface area (Å²) < 4.78 is 5.33. The van der Waals surface area contributed by atoms with Crippen LogP contribution in [-0.4, -0.2) is 48.7 Å². The summed E-state index contributed by atoms with van der Waals surface area (Å²) in [6, 6.07) is 18.3. The number of likely N-dealkylation sites (tertiary alicyclic amines) is 1. The van der Waals surface area contributed by atoms with E-state index in [1.165, 1.54) is 18.4 Å². The minimum absolute atomic E-state index is 0. The number of hydrogen-bond acceptors (Lipinski definition) is 5. The van der Waals surface area contributed by atoms with Crippen LogP contribution in [0.25, 0.3) is 11.0 Å². The molecule has 0 bridgehead atoms. The smallest absolute Gasteiger partial charge is 0.228 e. The van der Waals surface area contributed by atoms with Crippen LogP contribution in [0.3, 0.4) is 0 Å². The van der Waals surface area contributed by atoms with E-state index < -0.39 is 0 Å². The number of unbranched alkanes of at least 4 members (excludes halogenated alkanes) is 1. The van der Waals surface area contributed by atoms with E-state index in [9.17, 15) is 4.79 Å². The number of benzene rings is 2. The average molecular weight is 471 g/mol. The van der Waals surface area contributed by atoms with Crippen molar-refractivity contribution in [1.29, 1.82) is 0 Å². The van der Waals surface area contributed by atoms with Crippen LogP contribution in [-0.2, 0) is 17.8 Å². The van der Waals surface area contributed by atoms with E-state index in [0.29, 0.717) is 12.3 Å². The van der Waals surface area contributed by atoms with Crippen molar-refractivity contribution in [3.8, 4) is 0 Å². The number of carbonyl (C=O) groups excluding carboxylic acids is 1. The van der Waals surface area contributed by atoms with E-state index in [1.54, 1.807) is 0 Å². The third-order valence-electron chi connectivity index (χ3n) is 6.30. The van der Waals surface area contributed by atoms with Crippen molar-refractivity contribution in [3.05, 3.63) is 65.9 Å². The summed E-state index contributed by atoms with van der Waals surface area (Å²) in [4.78, 5) is 14.7. The summed E-state index contributed by atoms with van der Waals surface area (Å²) >= 11 is 0. The molecule has 0 aliphatic carbocycles. The molecule has 3 aromatic rings. The molecule has 1 saturated heterocycles. The zero-order valence-corrected chi connectivity index (χ0v) is 20.0. The molecule has 0 unspecified atom stereocenters. The summed E-state index contributed by atoms with van der Waals surface area (Å²) in [7, 11) is 0. The molecule has 7 heteroatoms. The average Bonchev–Trinajstić information content (AvgIpc) is 3.24. The van der Waals surface area contributed by atoms with Crippen LogP contribution in [0.15, 0.2) is 59.1 Å². The fourth-order valence-electron chi connectivity index (χ4n) is 4.34. The minimum Gasteiger partial charge on any atom is -0.356 e. The van der Waals surface area contributed by atoms with Gasteiger partial charge in [-0.3, -0.25) is 4.79 Å². The number of piperidine rings is 1. The molecule has 0 spiro atoms. The Morgan fingerprint density at radius 1 is 0.970 bits per heavy atom. The first-order valence-corrected chi connectivity index (χ1v) is 11.9. The molecule has 1 aliphatic heterocycles. The van der Waals surface area contributed by atoms with Gasteiger partial charge in [0.1, 0.15) is 5.69 Å². The molecule has 1 amide bonds. The Kier molecular flexibility index (Phi) is 10.2. The third kappa shape index (κ3) is 7.56. The van der Waals surface area contributed by atoms with Crippen LogP contribution in [0.4, 0.5) is 0 Å². The van der Waals surface area contributed by atoms with Crippen molar-refractivity contribution in [2.45, 2.75) is 38.6 Å². The molecule has 2 heterocycles. The van der Waals surface area contributed by atoms with E-state index >= 15 is 0 Å². The second kappa shape index (κ2) is 13.3. The molecule has 0 atom stereocenters. The van der Waals surface area contributed by atoms with Crippen molar-refractivity contribution in [2.75, 3.05) is 32.7 Å². The van der Waals surface area contributed by atoms with Gasteiger partial charge < -0.3 is 20.1 Å². The Morgan fingerprint density at radius 3 is 2.45 bits per heavy atom. The summed E-state index contributed by atoms with van der Waals surface area (Å²) in [5.74, 6) is 0.807. The first kappa shape index (κ1) is 25.2. The molecular weight excluding hydrogens is 436 g/mol. The topological polar surface area (TPSA) is 70.4 Å². The van der Waals surface area contributed by atoms with E-state index in [4.69, 9.17) is 4.52 Å². The molecule has 1 aliphatic rings. The molecule has 1 fully saturated rings. The standard InChI is InChI=1S/C26H34N4O2.ClH/c31-26(18-24-23-10-4-5-11-25(23)32-29-24)30-16-12-22(13-17-30)20-28-15-7-6-14-27-19-21-8-2-1-3-9-21;/h1-5,8-11,22,27-28H,6-7,12-20H2;1H. The Hall–Kier alpha value is -2.41. The molecule has 2 N–H and O–H groups in total. The van der Waals surface area contributed by atoms with E-state index in [0.717, 1.165) is 68.8 Å². The van der Waals surface area contributed by atoms with Crippen molar-refractivity contribution in [3.63, 3.8) is 0 Å². The van der Waals surface area contributed by atoms with Crippen molar-refractivity contribution < 1.29 is 9.32 Å². The molecule has 0 radical (unpaired) electrons. The van der Waals surface area contributed by atoms with Gasteiger partial charge in [-0.15, -0.1) is 12.4 Å². The lowest BCUT2D eigenvalue weighted by Crippen LogP contribution is -2.41. The number of para-hydroxylation sites is 1. The highest BCUT2D eigenvalue weighted by Gasteiger charge is 2.24. The van der Waals surface area contributed by atoms with Crippen LogP contribution >= 0.6 is 12.4 Å². The zero-order valence-electron chi connectivity index (χ0n) is 19.2. The minimum atomic E-state index is 0. The SMILES string of the molecule is Cl.O=C(Cc1noc2ccccc12)N1CCC(CNCCCCNCc2ccccc2)CC1. The molecule has 178 valence electrons. The second-order valence-electron chi connectivity index (χ2n) is 8.70. The van der Waals surface area contributed by atoms with Crippen molar-refractivity contribution in [1.82, 2.24) is 20.7 Å². The van der Waals surface area contributed by atoms with Crippen molar-refractivity contribution >= 4 is 29.3 Å². The van der Waals surface area contributed by atoms with Crippen LogP contribution in [0.5, 0.6) is 0 Å². The third-order valence-corrected chi connectivity index (χ3v) is 6.30. The maximum absolute atomic E-state index is 12.7. The normalized spacial score (nSPS) is 14.4. The number of nitrogens with zero attached hydrogens (tertiary/aromatic N) is 2. The lowest BCUT2D eigenvalue weighted by atomic mass is 9.96. The molecule has 4 rings (SSSR count). The lowest BCUT2D eigenvalue weighted by molar-refractivity contribution is -0.131. The van der Waals surface area contributed by atoms with Gasteiger partial charge in [-0.25, -0.2) is 0 Å². The first-order valence-electron chi connectivity index (χ1n) is 11.9. The van der Waals surface area contributed by atoms with Gasteiger partial charge in [-0.2, -0.15) is 0 Å². The summed E-state index contributed by atoms with van der Waals surface area (Å²) in [5.41, 5.74) is 2.82. The summed E-state index contributed by atoms with van der Waals surface area (Å²) in [6.45, 7) is 5.78. The van der Waals surface area contributed by atoms with Crippen molar-refractivity contribution in [2.24, 2.45) is 5.92 Å². The van der Waals surface area contributed by atoms with Crippen LogP contribution < -0.4 is 10.6 Å². The van der Waals surface area contributed by atoms with Gasteiger partial charge in [0.2, 0.25) is 5.91 Å². The van der Waals surface area contributed by atoms with Gasteiger partial charge in [0, 0.05) is 25.0 Å².